The Balaban J connectivity index is 1.73. The van der Waals surface area contributed by atoms with Gasteiger partial charge in [-0.05, 0) is 12.0 Å². The minimum Gasteiger partial charge on any atom is -0.453 e. The molecule has 1 unspecified atom stereocenters. The number of benzene rings is 1. The molecule has 1 atom stereocenters. The van der Waals surface area contributed by atoms with Gasteiger partial charge in [-0.15, -0.1) is 0 Å². The molecule has 4 nitrogen and oxygen atoms in total. The molecule has 16 heavy (non-hydrogen) atoms. The molecule has 84 valence electrons. The maximum Gasteiger partial charge on any atom is 0.306 e. The van der Waals surface area contributed by atoms with Crippen molar-refractivity contribution in [2.45, 2.75) is 18.9 Å². The molecule has 1 aliphatic rings. The zero-order valence-electron chi connectivity index (χ0n) is 8.83. The van der Waals surface area contributed by atoms with Gasteiger partial charge in [0, 0.05) is 6.42 Å². The highest BCUT2D eigenvalue weighted by molar-refractivity contribution is 5.74. The molecule has 2 rings (SSSR count). The summed E-state index contributed by atoms with van der Waals surface area (Å²) < 4.78 is 5.12. The molecule has 0 fully saturated rings. The van der Waals surface area contributed by atoms with E-state index in [-0.39, 0.29) is 12.1 Å². The molecule has 4 heteroatoms. The summed E-state index contributed by atoms with van der Waals surface area (Å²) in [6, 6.07) is 9.85. The Morgan fingerprint density at radius 3 is 2.94 bits per heavy atom. The van der Waals surface area contributed by atoms with Gasteiger partial charge < -0.3 is 9.57 Å². The van der Waals surface area contributed by atoms with Crippen LogP contribution < -0.4 is 0 Å². The summed E-state index contributed by atoms with van der Waals surface area (Å²) in [7, 11) is 0. The van der Waals surface area contributed by atoms with Gasteiger partial charge >= 0.3 is 5.97 Å². The van der Waals surface area contributed by atoms with Gasteiger partial charge in [-0.2, -0.15) is 0 Å². The van der Waals surface area contributed by atoms with Crippen LogP contribution >= 0.6 is 0 Å². The van der Waals surface area contributed by atoms with Crippen molar-refractivity contribution in [3.8, 4) is 0 Å². The lowest BCUT2D eigenvalue weighted by molar-refractivity contribution is -0.146. The van der Waals surface area contributed by atoms with E-state index in [1.807, 2.05) is 30.3 Å². The van der Waals surface area contributed by atoms with Crippen LogP contribution in [0.4, 0.5) is 0 Å². The summed E-state index contributed by atoms with van der Waals surface area (Å²) in [5, 5.41) is 3.53. The number of hydrogen-bond donors (Lipinski definition) is 0. The van der Waals surface area contributed by atoms with Gasteiger partial charge in [0.25, 0.3) is 0 Å². The number of carbonyl (C=O) groups excluding carboxylic acids is 1. The summed E-state index contributed by atoms with van der Waals surface area (Å²) >= 11 is 0. The zero-order chi connectivity index (χ0) is 11.2. The average molecular weight is 219 g/mol. The van der Waals surface area contributed by atoms with Crippen LogP contribution in [0.2, 0.25) is 0 Å². The second kappa shape index (κ2) is 5.30. The second-order valence-electron chi connectivity index (χ2n) is 3.56. The van der Waals surface area contributed by atoms with Crippen molar-refractivity contribution in [1.82, 2.24) is 0 Å². The molecule has 1 aromatic rings. The molecule has 0 spiro atoms. The first-order valence-corrected chi connectivity index (χ1v) is 5.23. The predicted molar refractivity (Wildman–Crippen MR) is 59.1 cm³/mol. The van der Waals surface area contributed by atoms with Crippen LogP contribution in [-0.2, 0) is 20.8 Å². The molecule has 1 heterocycles. The van der Waals surface area contributed by atoms with Gasteiger partial charge in [0.05, 0.1) is 6.21 Å². The summed E-state index contributed by atoms with van der Waals surface area (Å²) in [5.41, 5.74) is 1.13. The van der Waals surface area contributed by atoms with Crippen molar-refractivity contribution in [2.75, 3.05) is 6.61 Å². The first kappa shape index (κ1) is 10.7. The summed E-state index contributed by atoms with van der Waals surface area (Å²) in [4.78, 5) is 16.1. The second-order valence-corrected chi connectivity index (χ2v) is 3.56. The monoisotopic (exact) mass is 219 g/mol. The third-order valence-electron chi connectivity index (χ3n) is 2.28. The summed E-state index contributed by atoms with van der Waals surface area (Å²) in [6.07, 6.45) is 2.27. The minimum atomic E-state index is -0.316. The van der Waals surface area contributed by atoms with E-state index >= 15 is 0 Å². The highest BCUT2D eigenvalue weighted by atomic mass is 16.7. The van der Waals surface area contributed by atoms with Crippen LogP contribution in [0.15, 0.2) is 35.5 Å². The lowest BCUT2D eigenvalue weighted by Gasteiger charge is -2.07. The van der Waals surface area contributed by atoms with E-state index in [9.17, 15) is 4.79 Å². The van der Waals surface area contributed by atoms with Crippen molar-refractivity contribution >= 4 is 12.2 Å². The predicted octanol–water partition coefficient (Wildman–Crippen LogP) is 1.55. The van der Waals surface area contributed by atoms with E-state index in [0.29, 0.717) is 19.4 Å². The van der Waals surface area contributed by atoms with E-state index in [1.165, 1.54) is 6.21 Å². The zero-order valence-corrected chi connectivity index (χ0v) is 8.83. The fraction of sp³-hybridized carbons (Fsp3) is 0.333. The number of oxime groups is 1. The summed E-state index contributed by atoms with van der Waals surface area (Å²) in [6.45, 7) is 0.330. The molecule has 0 bridgehead atoms. The Labute approximate surface area is 93.9 Å². The van der Waals surface area contributed by atoms with E-state index in [4.69, 9.17) is 9.57 Å². The Bertz CT molecular complexity index is 375. The van der Waals surface area contributed by atoms with Crippen molar-refractivity contribution < 1.29 is 14.4 Å². The van der Waals surface area contributed by atoms with E-state index in [0.717, 1.165) is 5.56 Å². The van der Waals surface area contributed by atoms with E-state index in [2.05, 4.69) is 5.16 Å². The Morgan fingerprint density at radius 1 is 1.44 bits per heavy atom. The van der Waals surface area contributed by atoms with Gasteiger partial charge in [0.2, 0.25) is 0 Å². The topological polar surface area (TPSA) is 47.9 Å². The van der Waals surface area contributed by atoms with Crippen molar-refractivity contribution in [3.63, 3.8) is 0 Å². The number of nitrogens with zero attached hydrogens (tertiary/aromatic N) is 1. The normalized spacial score (nSPS) is 18.1. The number of carbonyl (C=O) groups is 1. The third-order valence-corrected chi connectivity index (χ3v) is 2.28. The smallest absolute Gasteiger partial charge is 0.306 e. The number of hydrogen-bond acceptors (Lipinski definition) is 4. The number of rotatable bonds is 4. The highest BCUT2D eigenvalue weighted by Crippen LogP contribution is 2.05. The first-order chi connectivity index (χ1) is 7.84. The first-order valence-electron chi connectivity index (χ1n) is 5.23. The van der Waals surface area contributed by atoms with Gasteiger partial charge in [-0.1, -0.05) is 35.5 Å². The van der Waals surface area contributed by atoms with Crippen LogP contribution in [0.5, 0.6) is 0 Å². The molecule has 1 aliphatic heterocycles. The molecule has 0 amide bonds. The van der Waals surface area contributed by atoms with E-state index in [1.54, 1.807) is 0 Å². The number of ether oxygens (including phenoxy) is 1. The largest absolute Gasteiger partial charge is 0.453 e. The SMILES string of the molecule is O=C(CCc1ccccc1)OC1C=NOC1. The molecule has 0 radical (unpaired) electrons. The lowest BCUT2D eigenvalue weighted by atomic mass is 10.1. The van der Waals surface area contributed by atoms with Crippen LogP contribution in [0, 0.1) is 0 Å². The molecule has 0 aromatic heterocycles. The van der Waals surface area contributed by atoms with Crippen LogP contribution in [0.3, 0.4) is 0 Å². The molecule has 0 saturated heterocycles. The quantitative estimate of drug-likeness (QED) is 0.722. The third kappa shape index (κ3) is 3.08. The van der Waals surface area contributed by atoms with Gasteiger partial charge in [-0.3, -0.25) is 4.79 Å². The Hall–Kier alpha value is -1.84. The summed E-state index contributed by atoms with van der Waals surface area (Å²) in [5.74, 6) is -0.217. The van der Waals surface area contributed by atoms with Gasteiger partial charge in [-0.25, -0.2) is 0 Å². The Kier molecular flexibility index (Phi) is 3.53. The molecule has 0 N–H and O–H groups in total. The fourth-order valence-electron chi connectivity index (χ4n) is 1.45. The standard InChI is InChI=1S/C12H13NO3/c14-12(16-11-8-13-15-9-11)7-6-10-4-2-1-3-5-10/h1-5,8,11H,6-7,9H2. The fourth-order valence-corrected chi connectivity index (χ4v) is 1.45. The van der Waals surface area contributed by atoms with Crippen LogP contribution in [-0.4, -0.2) is 24.9 Å². The van der Waals surface area contributed by atoms with Crippen LogP contribution in [0.1, 0.15) is 12.0 Å². The molecule has 1 aromatic carbocycles. The average Bonchev–Trinajstić information content (AvgIpc) is 2.81. The molecular formula is C12H13NO3. The van der Waals surface area contributed by atoms with Gasteiger partial charge in [0.1, 0.15) is 0 Å². The van der Waals surface area contributed by atoms with Crippen molar-refractivity contribution in [3.05, 3.63) is 35.9 Å². The maximum absolute atomic E-state index is 11.4. The van der Waals surface area contributed by atoms with E-state index < -0.39 is 0 Å². The highest BCUT2D eigenvalue weighted by Gasteiger charge is 2.16. The number of aryl methyl sites for hydroxylation is 1. The molecule has 0 saturated carbocycles. The van der Waals surface area contributed by atoms with Crippen LogP contribution in [0.25, 0.3) is 0 Å². The number of esters is 1. The minimum absolute atomic E-state index is 0.217. The lowest BCUT2D eigenvalue weighted by Crippen LogP contribution is -2.20. The Morgan fingerprint density at radius 2 is 2.25 bits per heavy atom. The van der Waals surface area contributed by atoms with Crippen molar-refractivity contribution in [2.24, 2.45) is 5.16 Å². The molecule has 0 aliphatic carbocycles. The molecular weight excluding hydrogens is 206 g/mol. The van der Waals surface area contributed by atoms with Gasteiger partial charge in [0.15, 0.2) is 12.7 Å². The van der Waals surface area contributed by atoms with Crippen molar-refractivity contribution in [1.29, 1.82) is 0 Å². The maximum atomic E-state index is 11.4.